The molecule has 1 amide bonds. The minimum absolute atomic E-state index is 0.0754. The van der Waals surface area contributed by atoms with Crippen LogP contribution in [0.2, 0.25) is 5.15 Å². The van der Waals surface area contributed by atoms with E-state index >= 15 is 0 Å². The summed E-state index contributed by atoms with van der Waals surface area (Å²) in [5.41, 5.74) is 2.91. The lowest BCUT2D eigenvalue weighted by Gasteiger charge is -2.20. The summed E-state index contributed by atoms with van der Waals surface area (Å²) in [7, 11) is 0. The second-order valence-electron chi connectivity index (χ2n) is 4.83. The van der Waals surface area contributed by atoms with E-state index in [2.05, 4.69) is 16.6 Å². The summed E-state index contributed by atoms with van der Waals surface area (Å²) in [6.07, 6.45) is 1.68. The molecule has 0 atom stereocenters. The van der Waals surface area contributed by atoms with Gasteiger partial charge in [0.1, 0.15) is 17.4 Å². The van der Waals surface area contributed by atoms with E-state index < -0.39 is 0 Å². The van der Waals surface area contributed by atoms with Gasteiger partial charge in [0.05, 0.1) is 11.4 Å². The van der Waals surface area contributed by atoms with Crippen molar-refractivity contribution < 1.29 is 4.79 Å². The molecule has 2 heterocycles. The number of hydrogen-bond donors (Lipinski definition) is 0. The number of aromatic nitrogens is 1. The fourth-order valence-corrected chi connectivity index (χ4v) is 2.56. The number of carbonyl (C=O) groups excluding carboxylic acids is 1. The number of pyridine rings is 1. The SMILES string of the molecule is C=CCN1C(=O)CN=C(c2ccccc2)c2nc(Cl)ccc21. The van der Waals surface area contributed by atoms with Crippen molar-refractivity contribution in [2.75, 3.05) is 18.0 Å². The highest BCUT2D eigenvalue weighted by molar-refractivity contribution is 6.30. The van der Waals surface area contributed by atoms with Gasteiger partial charge in [-0.15, -0.1) is 6.58 Å². The first-order valence-electron chi connectivity index (χ1n) is 6.89. The van der Waals surface area contributed by atoms with Gasteiger partial charge in [-0.3, -0.25) is 9.79 Å². The van der Waals surface area contributed by atoms with Gasteiger partial charge < -0.3 is 4.90 Å². The summed E-state index contributed by atoms with van der Waals surface area (Å²) in [5, 5.41) is 0.371. The fraction of sp³-hybridized carbons (Fsp3) is 0.118. The molecule has 2 aromatic rings. The maximum Gasteiger partial charge on any atom is 0.249 e. The Morgan fingerprint density at radius 2 is 2.00 bits per heavy atom. The molecule has 22 heavy (non-hydrogen) atoms. The molecule has 110 valence electrons. The topological polar surface area (TPSA) is 45.6 Å². The van der Waals surface area contributed by atoms with Crippen LogP contribution in [0.25, 0.3) is 0 Å². The van der Waals surface area contributed by atoms with Crippen LogP contribution in [0, 0.1) is 0 Å². The first-order chi connectivity index (χ1) is 10.7. The number of anilines is 1. The number of carbonyl (C=O) groups is 1. The average molecular weight is 312 g/mol. The Hall–Kier alpha value is -2.46. The number of halogens is 1. The number of aliphatic imine (C=N–C) groups is 1. The Morgan fingerprint density at radius 3 is 2.73 bits per heavy atom. The molecule has 0 N–H and O–H groups in total. The van der Waals surface area contributed by atoms with E-state index in [0.717, 1.165) is 5.56 Å². The van der Waals surface area contributed by atoms with Crippen molar-refractivity contribution in [2.45, 2.75) is 0 Å². The summed E-state index contributed by atoms with van der Waals surface area (Å²) in [6.45, 7) is 4.19. The highest BCUT2D eigenvalue weighted by Gasteiger charge is 2.25. The van der Waals surface area contributed by atoms with Gasteiger partial charge in [-0.05, 0) is 12.1 Å². The molecule has 1 aliphatic heterocycles. The standard InChI is InChI=1S/C17H14ClN3O/c1-2-10-21-13-8-9-14(18)20-17(13)16(19-11-15(21)22)12-6-4-3-5-7-12/h2-9H,1,10-11H2. The lowest BCUT2D eigenvalue weighted by molar-refractivity contribution is -0.117. The van der Waals surface area contributed by atoms with Crippen molar-refractivity contribution in [2.24, 2.45) is 4.99 Å². The third-order valence-corrected chi connectivity index (χ3v) is 3.60. The Labute approximate surface area is 133 Å². The van der Waals surface area contributed by atoms with Gasteiger partial charge in [0, 0.05) is 12.1 Å². The molecule has 1 aromatic carbocycles. The minimum Gasteiger partial charge on any atom is -0.305 e. The molecule has 3 rings (SSSR count). The normalized spacial score (nSPS) is 14.1. The lowest BCUT2D eigenvalue weighted by atomic mass is 10.1. The van der Waals surface area contributed by atoms with Crippen molar-refractivity contribution in [3.8, 4) is 0 Å². The predicted octanol–water partition coefficient (Wildman–Crippen LogP) is 3.11. The van der Waals surface area contributed by atoms with Crippen LogP contribution < -0.4 is 4.90 Å². The molecule has 0 fully saturated rings. The highest BCUT2D eigenvalue weighted by Crippen LogP contribution is 2.27. The zero-order valence-electron chi connectivity index (χ0n) is 11.9. The molecule has 0 saturated heterocycles. The van der Waals surface area contributed by atoms with Crippen LogP contribution in [0.3, 0.4) is 0 Å². The molecule has 0 radical (unpaired) electrons. The quantitative estimate of drug-likeness (QED) is 0.646. The summed E-state index contributed by atoms with van der Waals surface area (Å²) < 4.78 is 0. The monoisotopic (exact) mass is 311 g/mol. The third kappa shape index (κ3) is 2.65. The Bertz CT molecular complexity index is 756. The van der Waals surface area contributed by atoms with Crippen molar-refractivity contribution >= 4 is 28.9 Å². The number of hydrogen-bond acceptors (Lipinski definition) is 3. The zero-order valence-corrected chi connectivity index (χ0v) is 12.6. The van der Waals surface area contributed by atoms with Crippen molar-refractivity contribution in [3.05, 3.63) is 71.5 Å². The smallest absolute Gasteiger partial charge is 0.249 e. The van der Waals surface area contributed by atoms with Gasteiger partial charge in [0.2, 0.25) is 5.91 Å². The van der Waals surface area contributed by atoms with Crippen LogP contribution in [-0.4, -0.2) is 29.7 Å². The predicted molar refractivity (Wildman–Crippen MR) is 88.7 cm³/mol. The van der Waals surface area contributed by atoms with Crippen LogP contribution in [0.5, 0.6) is 0 Å². The van der Waals surface area contributed by atoms with Gasteiger partial charge in [-0.2, -0.15) is 0 Å². The van der Waals surface area contributed by atoms with Crippen LogP contribution in [0.4, 0.5) is 5.69 Å². The van der Waals surface area contributed by atoms with Crippen LogP contribution in [0.1, 0.15) is 11.3 Å². The summed E-state index contributed by atoms with van der Waals surface area (Å²) in [6, 6.07) is 13.2. The van der Waals surface area contributed by atoms with E-state index in [1.165, 1.54) is 0 Å². The van der Waals surface area contributed by atoms with Gasteiger partial charge >= 0.3 is 0 Å². The zero-order chi connectivity index (χ0) is 15.5. The fourth-order valence-electron chi connectivity index (χ4n) is 2.41. The third-order valence-electron chi connectivity index (χ3n) is 3.39. The summed E-state index contributed by atoms with van der Waals surface area (Å²) in [5.74, 6) is -0.0868. The second kappa shape index (κ2) is 6.12. The Balaban J connectivity index is 2.20. The van der Waals surface area contributed by atoms with E-state index in [4.69, 9.17) is 11.6 Å². The molecule has 0 bridgehead atoms. The second-order valence-corrected chi connectivity index (χ2v) is 5.21. The lowest BCUT2D eigenvalue weighted by Crippen LogP contribution is -2.32. The molecule has 5 heteroatoms. The number of benzene rings is 1. The van der Waals surface area contributed by atoms with E-state index in [1.54, 1.807) is 23.1 Å². The summed E-state index contributed by atoms with van der Waals surface area (Å²) >= 11 is 6.05. The number of nitrogens with zero attached hydrogens (tertiary/aromatic N) is 3. The van der Waals surface area contributed by atoms with Crippen molar-refractivity contribution in [1.82, 2.24) is 4.98 Å². The maximum absolute atomic E-state index is 12.3. The first-order valence-corrected chi connectivity index (χ1v) is 7.26. The number of rotatable bonds is 3. The van der Waals surface area contributed by atoms with Gasteiger partial charge in [-0.1, -0.05) is 48.0 Å². The van der Waals surface area contributed by atoms with E-state index in [-0.39, 0.29) is 12.5 Å². The molecule has 1 aliphatic rings. The largest absolute Gasteiger partial charge is 0.305 e. The van der Waals surface area contributed by atoms with Gasteiger partial charge in [0.15, 0.2) is 0 Å². The van der Waals surface area contributed by atoms with Crippen LogP contribution >= 0.6 is 11.6 Å². The molecule has 1 aromatic heterocycles. The average Bonchev–Trinajstić information content (AvgIpc) is 2.66. The molecule has 4 nitrogen and oxygen atoms in total. The van der Waals surface area contributed by atoms with E-state index in [0.29, 0.717) is 28.8 Å². The Kier molecular flexibility index (Phi) is 4.02. The van der Waals surface area contributed by atoms with Crippen molar-refractivity contribution in [3.63, 3.8) is 0 Å². The van der Waals surface area contributed by atoms with Gasteiger partial charge in [-0.25, -0.2) is 4.98 Å². The molecule has 0 aliphatic carbocycles. The molecule has 0 saturated carbocycles. The first kappa shape index (κ1) is 14.5. The minimum atomic E-state index is -0.0868. The Morgan fingerprint density at radius 1 is 1.23 bits per heavy atom. The van der Waals surface area contributed by atoms with E-state index in [1.807, 2.05) is 30.3 Å². The highest BCUT2D eigenvalue weighted by atomic mass is 35.5. The maximum atomic E-state index is 12.3. The molecule has 0 unspecified atom stereocenters. The molecule has 0 spiro atoms. The summed E-state index contributed by atoms with van der Waals surface area (Å²) in [4.78, 5) is 22.8. The van der Waals surface area contributed by atoms with Crippen LogP contribution in [-0.2, 0) is 4.79 Å². The van der Waals surface area contributed by atoms with Crippen molar-refractivity contribution in [1.29, 1.82) is 0 Å². The molecular weight excluding hydrogens is 298 g/mol. The number of fused-ring (bicyclic) bond motifs is 1. The van der Waals surface area contributed by atoms with Gasteiger partial charge in [0.25, 0.3) is 0 Å². The van der Waals surface area contributed by atoms with E-state index in [9.17, 15) is 4.79 Å². The molecular formula is C17H14ClN3O. The number of amides is 1. The van der Waals surface area contributed by atoms with Crippen LogP contribution in [0.15, 0.2) is 60.1 Å².